The van der Waals surface area contributed by atoms with Crippen LogP contribution in [-0.4, -0.2) is 26.5 Å². The molecule has 0 aliphatic rings. The van der Waals surface area contributed by atoms with Crippen molar-refractivity contribution in [2.24, 2.45) is 11.8 Å². The van der Waals surface area contributed by atoms with Gasteiger partial charge in [0, 0.05) is 5.92 Å². The van der Waals surface area contributed by atoms with E-state index in [-0.39, 0.29) is 29.1 Å². The molecule has 0 rings (SSSR count). The number of rotatable bonds is 13. The highest BCUT2D eigenvalue weighted by molar-refractivity contribution is 14.1. The number of ether oxygens (including phenoxy) is 1. The second-order valence-electron chi connectivity index (χ2n) is 9.77. The van der Waals surface area contributed by atoms with Gasteiger partial charge in [-0.15, -0.1) is 13.2 Å². The summed E-state index contributed by atoms with van der Waals surface area (Å²) in [5, 5.41) is 0.0995. The van der Waals surface area contributed by atoms with E-state index in [0.29, 0.717) is 12.3 Å². The van der Waals surface area contributed by atoms with Gasteiger partial charge in [0.2, 0.25) is 0 Å². The summed E-state index contributed by atoms with van der Waals surface area (Å²) >= 11 is 2.19. The van der Waals surface area contributed by atoms with Gasteiger partial charge in [0.25, 0.3) is 0 Å². The lowest BCUT2D eigenvalue weighted by Gasteiger charge is -2.39. The molecule has 0 aliphatic heterocycles. The first kappa shape index (κ1) is 28.6. The average molecular weight is 535 g/mol. The topological polar surface area (TPSA) is 35.5 Å². The Morgan fingerprint density at radius 1 is 1.17 bits per heavy atom. The number of allylic oxidation sites excluding steroid dienone is 1. The van der Waals surface area contributed by atoms with Crippen LogP contribution in [-0.2, 0) is 14.0 Å². The molecule has 0 amide bonds. The van der Waals surface area contributed by atoms with E-state index >= 15 is 0 Å². The zero-order chi connectivity index (χ0) is 22.8. The van der Waals surface area contributed by atoms with E-state index in [1.54, 1.807) is 0 Å². The van der Waals surface area contributed by atoms with Crippen molar-refractivity contribution in [1.29, 1.82) is 0 Å². The van der Waals surface area contributed by atoms with Crippen molar-refractivity contribution in [1.82, 2.24) is 0 Å². The fourth-order valence-corrected chi connectivity index (χ4v) is 4.59. The molecule has 0 saturated heterocycles. The molecule has 0 spiro atoms. The predicted molar refractivity (Wildman–Crippen MR) is 137 cm³/mol. The Bertz CT molecular complexity index is 563. The Hall–Kier alpha value is -0.403. The highest BCUT2D eigenvalue weighted by atomic mass is 127. The third-order valence-corrected chi connectivity index (χ3v) is 11.5. The largest absolute Gasteiger partial charge is 0.457 e. The molecule has 0 aromatic rings. The van der Waals surface area contributed by atoms with Gasteiger partial charge < -0.3 is 9.16 Å². The monoisotopic (exact) mass is 534 g/mol. The van der Waals surface area contributed by atoms with Crippen LogP contribution in [0.1, 0.15) is 67.2 Å². The summed E-state index contributed by atoms with van der Waals surface area (Å²) in [6.07, 6.45) is 6.56. The van der Waals surface area contributed by atoms with Crippen LogP contribution < -0.4 is 0 Å². The third-order valence-electron chi connectivity index (χ3n) is 5.94. The van der Waals surface area contributed by atoms with E-state index in [1.165, 1.54) is 0 Å². The number of hydrogen-bond acceptors (Lipinski definition) is 3. The normalized spacial score (nSPS) is 17.2. The standard InChI is InChI=1S/C24H43IO3Si/c1-11-13-18(3)14-15-21(28-29(9,10)24(6,7)8)16-22(26)27-23(19(4)12-2)20(5)17-25/h11-12,17-19,21,23H,1-2,13-16H2,3-10H3/b20-17+. The van der Waals surface area contributed by atoms with Crippen molar-refractivity contribution in [3.8, 4) is 0 Å². The summed E-state index contributed by atoms with van der Waals surface area (Å²) in [5.74, 6) is 0.408. The molecule has 0 aromatic heterocycles. The number of carbonyl (C=O) groups is 1. The predicted octanol–water partition coefficient (Wildman–Crippen LogP) is 7.83. The smallest absolute Gasteiger partial charge is 0.308 e. The van der Waals surface area contributed by atoms with E-state index in [4.69, 9.17) is 9.16 Å². The summed E-state index contributed by atoms with van der Waals surface area (Å²) in [5.41, 5.74) is 1.04. The Labute approximate surface area is 194 Å². The van der Waals surface area contributed by atoms with E-state index in [1.807, 2.05) is 30.1 Å². The highest BCUT2D eigenvalue weighted by Gasteiger charge is 2.39. The molecule has 0 N–H and O–H groups in total. The van der Waals surface area contributed by atoms with Crippen molar-refractivity contribution < 1.29 is 14.0 Å². The number of halogens is 1. The lowest BCUT2D eigenvalue weighted by molar-refractivity contribution is -0.150. The zero-order valence-electron chi connectivity index (χ0n) is 19.9. The van der Waals surface area contributed by atoms with E-state index in [0.717, 1.165) is 24.8 Å². The molecule has 0 bridgehead atoms. The molecule has 0 fully saturated rings. The third kappa shape index (κ3) is 10.4. The molecule has 0 heterocycles. The molecule has 0 aromatic carbocycles. The summed E-state index contributed by atoms with van der Waals surface area (Å²) in [6, 6.07) is 0. The second-order valence-corrected chi connectivity index (χ2v) is 15.1. The van der Waals surface area contributed by atoms with Crippen molar-refractivity contribution in [3.05, 3.63) is 35.0 Å². The van der Waals surface area contributed by atoms with Gasteiger partial charge in [0.05, 0.1) is 12.5 Å². The first-order valence-corrected chi connectivity index (χ1v) is 14.8. The molecule has 0 radical (unpaired) electrons. The zero-order valence-corrected chi connectivity index (χ0v) is 23.0. The van der Waals surface area contributed by atoms with Crippen LogP contribution >= 0.6 is 22.6 Å². The lowest BCUT2D eigenvalue weighted by atomic mass is 9.98. The van der Waals surface area contributed by atoms with Gasteiger partial charge in [0.15, 0.2) is 8.32 Å². The number of carbonyl (C=O) groups excluding carboxylic acids is 1. The molecule has 4 atom stereocenters. The number of hydrogen-bond donors (Lipinski definition) is 0. The van der Waals surface area contributed by atoms with Gasteiger partial charge in [-0.2, -0.15) is 0 Å². The maximum Gasteiger partial charge on any atom is 0.308 e. The van der Waals surface area contributed by atoms with Crippen molar-refractivity contribution in [3.63, 3.8) is 0 Å². The maximum absolute atomic E-state index is 12.8. The first-order chi connectivity index (χ1) is 13.3. The molecule has 4 unspecified atom stereocenters. The van der Waals surface area contributed by atoms with E-state index < -0.39 is 8.32 Å². The molecule has 168 valence electrons. The van der Waals surface area contributed by atoms with Gasteiger partial charge in [-0.05, 0) is 59.9 Å². The molecular weight excluding hydrogens is 491 g/mol. The van der Waals surface area contributed by atoms with Crippen LogP contribution in [0.5, 0.6) is 0 Å². The maximum atomic E-state index is 12.8. The van der Waals surface area contributed by atoms with Crippen molar-refractivity contribution in [2.75, 3.05) is 0 Å². The van der Waals surface area contributed by atoms with Gasteiger partial charge in [-0.1, -0.05) is 69.4 Å². The quantitative estimate of drug-likeness (QED) is 0.105. The molecule has 5 heteroatoms. The minimum absolute atomic E-state index is 0.0670. The highest BCUT2D eigenvalue weighted by Crippen LogP contribution is 2.38. The fraction of sp³-hybridized carbons (Fsp3) is 0.708. The number of esters is 1. The molecule has 3 nitrogen and oxygen atoms in total. The Morgan fingerprint density at radius 2 is 1.76 bits per heavy atom. The van der Waals surface area contributed by atoms with Gasteiger partial charge in [-0.25, -0.2) is 0 Å². The van der Waals surface area contributed by atoms with Crippen LogP contribution in [0.4, 0.5) is 0 Å². The Balaban J connectivity index is 5.32. The van der Waals surface area contributed by atoms with Crippen LogP contribution in [0.3, 0.4) is 0 Å². The molecule has 0 aliphatic carbocycles. The SMILES string of the molecule is C=CCC(C)CCC(CC(=O)OC(/C(C)=C/I)C(C)C=C)O[Si](C)(C)C(C)(C)C. The van der Waals surface area contributed by atoms with Crippen LogP contribution in [0.15, 0.2) is 35.0 Å². The lowest BCUT2D eigenvalue weighted by Crippen LogP contribution is -2.44. The summed E-state index contributed by atoms with van der Waals surface area (Å²) in [7, 11) is -1.98. The average Bonchev–Trinajstić information content (AvgIpc) is 2.62. The van der Waals surface area contributed by atoms with Crippen LogP contribution in [0.2, 0.25) is 18.1 Å². The minimum Gasteiger partial charge on any atom is -0.457 e. The summed E-state index contributed by atoms with van der Waals surface area (Å²) < 4.78 is 14.5. The Morgan fingerprint density at radius 3 is 2.21 bits per heavy atom. The van der Waals surface area contributed by atoms with Crippen LogP contribution in [0.25, 0.3) is 0 Å². The second kappa shape index (κ2) is 13.1. The summed E-state index contributed by atoms with van der Waals surface area (Å²) in [4.78, 5) is 12.8. The molecular formula is C24H43IO3Si. The fourth-order valence-electron chi connectivity index (χ4n) is 2.85. The van der Waals surface area contributed by atoms with E-state index in [9.17, 15) is 4.79 Å². The minimum atomic E-state index is -1.98. The van der Waals surface area contributed by atoms with Crippen molar-refractivity contribution >= 4 is 36.9 Å². The summed E-state index contributed by atoms with van der Waals surface area (Å²) in [6.45, 7) is 25.1. The Kier molecular flexibility index (Phi) is 12.9. The van der Waals surface area contributed by atoms with Crippen molar-refractivity contribution in [2.45, 2.75) is 97.6 Å². The van der Waals surface area contributed by atoms with Gasteiger partial charge in [0.1, 0.15) is 6.10 Å². The van der Waals surface area contributed by atoms with E-state index in [2.05, 4.69) is 76.5 Å². The van der Waals surface area contributed by atoms with Crippen LogP contribution in [0, 0.1) is 11.8 Å². The molecule has 29 heavy (non-hydrogen) atoms. The molecule has 0 saturated carbocycles. The van der Waals surface area contributed by atoms with Gasteiger partial charge >= 0.3 is 5.97 Å². The van der Waals surface area contributed by atoms with Gasteiger partial charge in [-0.3, -0.25) is 4.79 Å². The first-order valence-electron chi connectivity index (χ1n) is 10.7.